The average molecular weight is 413 g/mol. The first-order valence-corrected chi connectivity index (χ1v) is 12.4. The van der Waals surface area contributed by atoms with Gasteiger partial charge in [-0.2, -0.15) is 0 Å². The van der Waals surface area contributed by atoms with Gasteiger partial charge in [0, 0.05) is 5.92 Å². The van der Waals surface area contributed by atoms with Crippen molar-refractivity contribution in [3.05, 3.63) is 84.4 Å². The van der Waals surface area contributed by atoms with Gasteiger partial charge < -0.3 is 9.47 Å². The van der Waals surface area contributed by atoms with E-state index in [1.807, 2.05) is 6.07 Å². The second-order valence-electron chi connectivity index (χ2n) is 8.84. The normalized spacial score (nSPS) is 14.0. The Kier molecular flexibility index (Phi) is 5.45. The van der Waals surface area contributed by atoms with E-state index in [1.165, 1.54) is 10.4 Å². The van der Waals surface area contributed by atoms with Crippen LogP contribution < -0.4 is 19.8 Å². The Morgan fingerprint density at radius 3 is 1.93 bits per heavy atom. The van der Waals surface area contributed by atoms with Crippen LogP contribution in [-0.4, -0.2) is 14.9 Å². The van der Waals surface area contributed by atoms with Crippen LogP contribution in [0.4, 0.5) is 0 Å². The zero-order chi connectivity index (χ0) is 21.2. The van der Waals surface area contributed by atoms with Gasteiger partial charge in [0.1, 0.15) is 0 Å². The molecule has 3 aromatic rings. The molecule has 3 heteroatoms. The lowest BCUT2D eigenvalue weighted by molar-refractivity contribution is 0.174. The zero-order valence-electron chi connectivity index (χ0n) is 18.1. The molecule has 0 bridgehead atoms. The third-order valence-electron chi connectivity index (χ3n) is 5.91. The predicted octanol–water partition coefficient (Wildman–Crippen LogP) is 5.12. The molecule has 0 aliphatic carbocycles. The van der Waals surface area contributed by atoms with Crippen LogP contribution in [0.15, 0.2) is 78.9 Å². The number of ether oxygens (including phenoxy) is 2. The molecule has 152 valence electrons. The third-order valence-corrected chi connectivity index (χ3v) is 11.1. The van der Waals surface area contributed by atoms with Crippen LogP contribution in [0.1, 0.15) is 39.2 Å². The lowest BCUT2D eigenvalue weighted by atomic mass is 10.0. The summed E-state index contributed by atoms with van der Waals surface area (Å²) in [5.74, 6) is 5.37. The number of hydrogen-bond donors (Lipinski definition) is 0. The van der Waals surface area contributed by atoms with Crippen LogP contribution >= 0.6 is 0 Å². The van der Waals surface area contributed by atoms with Crippen LogP contribution in [0.2, 0.25) is 5.04 Å². The summed E-state index contributed by atoms with van der Waals surface area (Å²) in [6.07, 6.45) is 0. The quantitative estimate of drug-likeness (QED) is 0.439. The molecule has 0 fully saturated rings. The first-order chi connectivity index (χ1) is 14.4. The van der Waals surface area contributed by atoms with Crippen LogP contribution in [-0.2, 0) is 0 Å². The molecule has 1 aliphatic rings. The minimum Gasteiger partial charge on any atom is -0.454 e. The zero-order valence-corrected chi connectivity index (χ0v) is 19.1. The van der Waals surface area contributed by atoms with Gasteiger partial charge in [-0.1, -0.05) is 87.5 Å². The first-order valence-electron chi connectivity index (χ1n) is 10.4. The van der Waals surface area contributed by atoms with E-state index >= 15 is 0 Å². The largest absolute Gasteiger partial charge is 0.454 e. The number of rotatable bonds is 3. The van der Waals surface area contributed by atoms with Gasteiger partial charge >= 0.3 is 0 Å². The maximum Gasteiger partial charge on any atom is 0.231 e. The van der Waals surface area contributed by atoms with Crippen LogP contribution in [0.5, 0.6) is 11.5 Å². The summed E-state index contributed by atoms with van der Waals surface area (Å²) >= 11 is 0. The average Bonchev–Trinajstić information content (AvgIpc) is 3.22. The Balaban J connectivity index is 1.84. The van der Waals surface area contributed by atoms with Gasteiger partial charge in [0.2, 0.25) is 14.9 Å². The Bertz CT molecular complexity index is 1030. The summed E-state index contributed by atoms with van der Waals surface area (Å²) in [7, 11) is -2.38. The fourth-order valence-corrected chi connectivity index (χ4v) is 8.77. The minimum absolute atomic E-state index is 0.0251. The van der Waals surface area contributed by atoms with Crippen LogP contribution in [0.25, 0.3) is 0 Å². The molecule has 1 heterocycles. The van der Waals surface area contributed by atoms with E-state index in [9.17, 15) is 0 Å². The molecule has 0 unspecified atom stereocenters. The molecular formula is C27H28O2Si. The number of fused-ring (bicyclic) bond motifs is 1. The molecule has 3 aromatic carbocycles. The van der Waals surface area contributed by atoms with E-state index in [0.29, 0.717) is 6.79 Å². The minimum atomic E-state index is -2.38. The maximum absolute atomic E-state index is 5.57. The van der Waals surface area contributed by atoms with Crippen molar-refractivity contribution in [1.82, 2.24) is 0 Å². The summed E-state index contributed by atoms with van der Waals surface area (Å²) in [4.78, 5) is 0. The smallest absolute Gasteiger partial charge is 0.231 e. The standard InChI is InChI=1S/C27H28O2Si/c1-21(22-15-16-25-26(19-22)29-20-28-25)17-18-30(27(2,3)4,23-11-7-5-8-12-23)24-13-9-6-10-14-24/h5-16,19,21H,20H2,1-4H3/t21-/m1/s1. The van der Waals surface area contributed by atoms with Gasteiger partial charge in [-0.05, 0) is 40.0 Å². The van der Waals surface area contributed by atoms with Gasteiger partial charge in [0.05, 0.1) is 0 Å². The van der Waals surface area contributed by atoms with Gasteiger partial charge in [-0.25, -0.2) is 0 Å². The van der Waals surface area contributed by atoms with Crippen LogP contribution in [0, 0.1) is 11.5 Å². The van der Waals surface area contributed by atoms with E-state index < -0.39 is 8.07 Å². The fourth-order valence-electron chi connectivity index (χ4n) is 4.22. The highest BCUT2D eigenvalue weighted by molar-refractivity contribution is 7.10. The van der Waals surface area contributed by atoms with Crippen molar-refractivity contribution in [2.24, 2.45) is 0 Å². The molecule has 4 rings (SSSR count). The predicted molar refractivity (Wildman–Crippen MR) is 126 cm³/mol. The molecular weight excluding hydrogens is 384 g/mol. The Morgan fingerprint density at radius 1 is 0.800 bits per heavy atom. The highest BCUT2D eigenvalue weighted by Crippen LogP contribution is 2.37. The van der Waals surface area contributed by atoms with Gasteiger partial charge in [-0.15, -0.1) is 11.5 Å². The molecule has 0 amide bonds. The van der Waals surface area contributed by atoms with Gasteiger partial charge in [-0.3, -0.25) is 0 Å². The Morgan fingerprint density at radius 2 is 1.37 bits per heavy atom. The molecule has 0 N–H and O–H groups in total. The van der Waals surface area contributed by atoms with Gasteiger partial charge in [0.25, 0.3) is 0 Å². The summed E-state index contributed by atoms with van der Waals surface area (Å²) in [6, 6.07) is 27.9. The molecule has 1 aliphatic heterocycles. The van der Waals surface area contributed by atoms with E-state index in [1.54, 1.807) is 0 Å². The summed E-state index contributed by atoms with van der Waals surface area (Å²) in [6.45, 7) is 9.46. The van der Waals surface area contributed by atoms with Crippen molar-refractivity contribution in [3.63, 3.8) is 0 Å². The van der Waals surface area contributed by atoms with Crippen molar-refractivity contribution in [3.8, 4) is 23.0 Å². The van der Waals surface area contributed by atoms with Gasteiger partial charge in [0.15, 0.2) is 11.5 Å². The molecule has 30 heavy (non-hydrogen) atoms. The van der Waals surface area contributed by atoms with E-state index in [4.69, 9.17) is 9.47 Å². The van der Waals surface area contributed by atoms with E-state index in [-0.39, 0.29) is 11.0 Å². The Labute approximate surface area is 180 Å². The summed E-state index contributed by atoms with van der Waals surface area (Å²) < 4.78 is 11.0. The summed E-state index contributed by atoms with van der Waals surface area (Å²) in [5.41, 5.74) is 5.05. The SMILES string of the molecule is C[C@H](C#C[Si](c1ccccc1)(c1ccccc1)C(C)(C)C)c1ccc2c(c1)OCO2. The number of hydrogen-bond acceptors (Lipinski definition) is 2. The van der Waals surface area contributed by atoms with E-state index in [2.05, 4.69) is 112 Å². The maximum atomic E-state index is 5.57. The van der Waals surface area contributed by atoms with Crippen molar-refractivity contribution in [2.75, 3.05) is 6.79 Å². The van der Waals surface area contributed by atoms with Crippen molar-refractivity contribution < 1.29 is 9.47 Å². The highest BCUT2D eigenvalue weighted by atomic mass is 28.3. The topological polar surface area (TPSA) is 18.5 Å². The second kappa shape index (κ2) is 8.05. The highest BCUT2D eigenvalue weighted by Gasteiger charge is 2.47. The molecule has 0 spiro atoms. The molecule has 2 nitrogen and oxygen atoms in total. The van der Waals surface area contributed by atoms with E-state index in [0.717, 1.165) is 17.1 Å². The lowest BCUT2D eigenvalue weighted by Crippen LogP contribution is -2.63. The van der Waals surface area contributed by atoms with Crippen molar-refractivity contribution in [1.29, 1.82) is 0 Å². The van der Waals surface area contributed by atoms with Crippen molar-refractivity contribution >= 4 is 18.4 Å². The van der Waals surface area contributed by atoms with Crippen molar-refractivity contribution in [2.45, 2.75) is 38.7 Å². The lowest BCUT2D eigenvalue weighted by Gasteiger charge is -2.39. The second-order valence-corrected chi connectivity index (χ2v) is 13.2. The molecule has 0 radical (unpaired) electrons. The molecule has 0 saturated carbocycles. The number of benzene rings is 3. The molecule has 1 atom stereocenters. The molecule has 0 saturated heterocycles. The fraction of sp³-hybridized carbons (Fsp3) is 0.259. The summed E-state index contributed by atoms with van der Waals surface area (Å²) in [5, 5.41) is 2.74. The first kappa shape index (κ1) is 20.3. The monoisotopic (exact) mass is 412 g/mol. The Hall–Kier alpha value is -2.96. The molecule has 0 aromatic heterocycles. The third kappa shape index (κ3) is 3.64. The van der Waals surface area contributed by atoms with Crippen LogP contribution in [0.3, 0.4) is 0 Å².